The van der Waals surface area contributed by atoms with Crippen molar-refractivity contribution in [2.75, 3.05) is 0 Å². The Hall–Kier alpha value is -3.72. The number of rotatable bonds is 0. The average Bonchev–Trinajstić information content (AvgIpc) is 2.23. The third-order valence-electron chi connectivity index (χ3n) is 0. The van der Waals surface area contributed by atoms with Crippen LogP contribution in [-0.4, -0.2) is 36.5 Å². The smallest absolute Gasteiger partial charge is 0.222 e. The minimum atomic E-state index is 0. The molecule has 12 heteroatoms. The molecular formula is C25H82N6O6. The molecule has 0 spiro atoms. The van der Waals surface area contributed by atoms with Crippen molar-refractivity contribution in [3.8, 4) is 0 Å². The summed E-state index contributed by atoms with van der Waals surface area (Å²) in [7, 11) is 0. The lowest BCUT2D eigenvalue weighted by atomic mass is 11.7. The Labute approximate surface area is 239 Å². The van der Waals surface area contributed by atoms with Crippen molar-refractivity contribution in [2.45, 2.75) is 141 Å². The van der Waals surface area contributed by atoms with Crippen LogP contribution in [0, 0.1) is 32.5 Å². The summed E-state index contributed by atoms with van der Waals surface area (Å²) in [5.41, 5.74) is 0. The van der Waals surface area contributed by atoms with Gasteiger partial charge in [0.05, 0.1) is 0 Å². The number of hydrogen-bond acceptors (Lipinski definition) is 12. The lowest BCUT2D eigenvalue weighted by Crippen LogP contribution is -1.16. The number of hydrogen-bond donors (Lipinski definition) is 6. The number of nitrogens with one attached hydrogen (secondary N) is 6. The molecule has 0 aliphatic carbocycles. The lowest BCUT2D eigenvalue weighted by Gasteiger charge is -1.02. The highest BCUT2D eigenvalue weighted by Gasteiger charge is 1.05. The van der Waals surface area contributed by atoms with E-state index in [1.807, 2.05) is 0 Å². The second kappa shape index (κ2) is 6080. The molecule has 0 unspecified atom stereocenters. The maximum absolute atomic E-state index is 8.35. The summed E-state index contributed by atoms with van der Waals surface area (Å²) >= 11 is 0. The summed E-state index contributed by atoms with van der Waals surface area (Å²) in [6.45, 7) is 0. The van der Waals surface area contributed by atoms with Crippen molar-refractivity contribution in [3.05, 3.63) is 0 Å². The molecule has 0 amide bonds. The van der Waals surface area contributed by atoms with Crippen molar-refractivity contribution in [2.24, 2.45) is 0 Å². The molecule has 248 valence electrons. The zero-order valence-electron chi connectivity index (χ0n) is 8.45. The maximum atomic E-state index is 8.35. The van der Waals surface area contributed by atoms with Gasteiger partial charge in [0.2, 0.25) is 36.5 Å². The largest absolute Gasteiger partial charge is 0.231 e. The van der Waals surface area contributed by atoms with Crippen molar-refractivity contribution in [1.82, 2.24) is 0 Å². The summed E-state index contributed by atoms with van der Waals surface area (Å²) in [5, 5.41) is 32.4. The van der Waals surface area contributed by atoms with Crippen LogP contribution in [0.4, 0.5) is 0 Å². The molecule has 0 radical (unpaired) electrons. The summed E-state index contributed by atoms with van der Waals surface area (Å²) in [6, 6.07) is 0. The molecule has 0 aliphatic rings. The van der Waals surface area contributed by atoms with E-state index in [0.29, 0.717) is 0 Å². The molecule has 0 bridgehead atoms. The molecule has 0 rings (SSSR count). The van der Waals surface area contributed by atoms with Gasteiger partial charge < -0.3 is 0 Å². The van der Waals surface area contributed by atoms with Crippen LogP contribution in [0.25, 0.3) is 0 Å². The van der Waals surface area contributed by atoms with Crippen LogP contribution in [0.5, 0.6) is 0 Å². The molecule has 12 nitrogen and oxygen atoms in total. The van der Waals surface area contributed by atoms with Crippen LogP contribution >= 0.6 is 0 Å². The van der Waals surface area contributed by atoms with E-state index in [0.717, 1.165) is 36.5 Å². The maximum Gasteiger partial charge on any atom is 0.231 e. The van der Waals surface area contributed by atoms with Gasteiger partial charge in [0.1, 0.15) is 0 Å². The molecule has 0 aromatic heterocycles. The van der Waals surface area contributed by atoms with E-state index in [1.54, 1.807) is 0 Å². The third-order valence-corrected chi connectivity index (χ3v) is 0. The molecule has 0 aliphatic heterocycles. The molecule has 0 heterocycles. The predicted molar refractivity (Wildman–Crippen MR) is 178 cm³/mol. The zero-order valence-corrected chi connectivity index (χ0v) is 8.45. The van der Waals surface area contributed by atoms with E-state index in [2.05, 4.69) is 0 Å². The Morgan fingerprint density at radius 1 is 0.189 bits per heavy atom. The first-order valence-electron chi connectivity index (χ1n) is 2.72. The highest BCUT2D eigenvalue weighted by atomic mass is 16.1. The standard InChI is InChI=1S/6CHNO.19CH4/c6*2-1-3;;;;;;;;;;;;;;;;;;;/h6*2H;19*1H4. The second-order valence-corrected chi connectivity index (χ2v) is 0.612. The van der Waals surface area contributed by atoms with Crippen LogP contribution < -0.4 is 0 Å². The van der Waals surface area contributed by atoms with E-state index in [1.165, 1.54) is 0 Å². The lowest BCUT2D eigenvalue weighted by molar-refractivity contribution is 0.562. The van der Waals surface area contributed by atoms with Crippen molar-refractivity contribution in [1.29, 1.82) is 32.5 Å². The highest BCUT2D eigenvalue weighted by molar-refractivity contribution is 5.27. The second-order valence-electron chi connectivity index (χ2n) is 0.612. The molecular weight excluding hydrogens is 480 g/mol. The first kappa shape index (κ1) is 506. The molecule has 0 saturated heterocycles. The van der Waals surface area contributed by atoms with Crippen molar-refractivity contribution < 1.29 is 28.8 Å². The minimum absolute atomic E-state index is 0. The minimum Gasteiger partial charge on any atom is -0.222 e. The monoisotopic (exact) mass is 563 g/mol. The zero-order chi connectivity index (χ0) is 16.2. The quantitative estimate of drug-likeness (QED) is 0.123. The SMILES string of the molecule is C.C.C.C.C.C.C.C.C.C.C.C.C.C.C.C.C.C.C.N=C=O.N=C=O.N=C=O.N=C=O.N=C=O.N=C=O. The van der Waals surface area contributed by atoms with Crippen LogP contribution in [0.15, 0.2) is 0 Å². The van der Waals surface area contributed by atoms with Crippen LogP contribution in [0.2, 0.25) is 0 Å². The Kier molecular flexibility index (Phi) is 83100. The van der Waals surface area contributed by atoms with Gasteiger partial charge in [-0.3, -0.25) is 0 Å². The van der Waals surface area contributed by atoms with Gasteiger partial charge in [-0.2, -0.15) is 0 Å². The average molecular weight is 563 g/mol. The Morgan fingerprint density at radius 2 is 0.189 bits per heavy atom. The molecule has 37 heavy (non-hydrogen) atoms. The van der Waals surface area contributed by atoms with Gasteiger partial charge in [-0.1, -0.05) is 141 Å². The van der Waals surface area contributed by atoms with Gasteiger partial charge in [0, 0.05) is 0 Å². The molecule has 6 N–H and O–H groups in total. The van der Waals surface area contributed by atoms with Gasteiger partial charge >= 0.3 is 0 Å². The van der Waals surface area contributed by atoms with Gasteiger partial charge in [-0.05, 0) is 0 Å². The van der Waals surface area contributed by atoms with Crippen molar-refractivity contribution in [3.63, 3.8) is 0 Å². The fourth-order valence-electron chi connectivity index (χ4n) is 0. The van der Waals surface area contributed by atoms with Crippen LogP contribution in [0.3, 0.4) is 0 Å². The fourth-order valence-corrected chi connectivity index (χ4v) is 0. The Balaban J connectivity index is -0.00000000184. The highest BCUT2D eigenvalue weighted by Crippen LogP contribution is 0.883. The molecule has 0 saturated carbocycles. The number of carbonyl (C=O) groups excluding carboxylic acids is 6. The third kappa shape index (κ3) is 2140. The predicted octanol–water partition coefficient (Wildman–Crippen LogP) is 11.5. The van der Waals surface area contributed by atoms with Crippen LogP contribution in [0.1, 0.15) is 141 Å². The van der Waals surface area contributed by atoms with Crippen molar-refractivity contribution >= 4 is 36.5 Å². The molecule has 0 aromatic carbocycles. The van der Waals surface area contributed by atoms with Gasteiger partial charge in [0.25, 0.3) is 0 Å². The molecule has 0 fully saturated rings. The summed E-state index contributed by atoms with van der Waals surface area (Å²) in [6.07, 6.45) is 4.50. The van der Waals surface area contributed by atoms with Gasteiger partial charge in [-0.25, -0.2) is 61.2 Å². The van der Waals surface area contributed by atoms with E-state index >= 15 is 0 Å². The van der Waals surface area contributed by atoms with E-state index in [-0.39, 0.29) is 141 Å². The fraction of sp³-hybridized carbons (Fsp3) is 0.760. The van der Waals surface area contributed by atoms with Gasteiger partial charge in [-0.15, -0.1) is 0 Å². The van der Waals surface area contributed by atoms with Gasteiger partial charge in [0.15, 0.2) is 0 Å². The van der Waals surface area contributed by atoms with Crippen LogP contribution in [-0.2, 0) is 28.8 Å². The Morgan fingerprint density at radius 3 is 0.189 bits per heavy atom. The summed E-state index contributed by atoms with van der Waals surface area (Å²) in [4.78, 5) is 50.1. The molecule has 0 atom stereocenters. The van der Waals surface area contributed by atoms with E-state index in [9.17, 15) is 0 Å². The number of isocyanates is 6. The topological polar surface area (TPSA) is 246 Å². The Bertz CT molecular complexity index is 265. The normalized spacial score (nSPS) is 1.30. The van der Waals surface area contributed by atoms with E-state index < -0.39 is 0 Å². The first-order valence-corrected chi connectivity index (χ1v) is 2.72. The van der Waals surface area contributed by atoms with E-state index in [4.69, 9.17) is 61.2 Å². The summed E-state index contributed by atoms with van der Waals surface area (Å²) < 4.78 is 0. The summed E-state index contributed by atoms with van der Waals surface area (Å²) in [5.74, 6) is 0. The molecule has 0 aromatic rings. The first-order chi connectivity index (χ1) is 8.49.